The molecule has 1 aliphatic heterocycles. The van der Waals surface area contributed by atoms with Gasteiger partial charge in [0.25, 0.3) is 0 Å². The number of amides is 1. The maximum atomic E-state index is 12.5. The number of nitrogens with two attached hydrogens (primary N) is 1. The van der Waals surface area contributed by atoms with Gasteiger partial charge in [-0.25, -0.2) is 8.42 Å². The van der Waals surface area contributed by atoms with Gasteiger partial charge in [-0.05, 0) is 46.1 Å². The van der Waals surface area contributed by atoms with Crippen molar-refractivity contribution in [3.05, 3.63) is 35.9 Å². The third kappa shape index (κ3) is 5.84. The zero-order chi connectivity index (χ0) is 22.7. The minimum atomic E-state index is -3.43. The lowest BCUT2D eigenvalue weighted by atomic mass is 9.72. The fourth-order valence-electron chi connectivity index (χ4n) is 3.52. The van der Waals surface area contributed by atoms with Crippen LogP contribution in [0.2, 0.25) is 0 Å². The Kier molecular flexibility index (Phi) is 7.77. The first kappa shape index (κ1) is 24.9. The molecule has 3 N–H and O–H groups in total. The predicted molar refractivity (Wildman–Crippen MR) is 120 cm³/mol. The molecule has 0 radical (unpaired) electrons. The molecule has 30 heavy (non-hydrogen) atoms. The number of hydrogen-bond donors (Lipinski definition) is 2. The summed E-state index contributed by atoms with van der Waals surface area (Å²) in [7, 11) is -4.20. The van der Waals surface area contributed by atoms with E-state index in [4.69, 9.17) is 15.0 Å². The molecule has 1 aromatic carbocycles. The Balaban J connectivity index is 2.31. The van der Waals surface area contributed by atoms with E-state index in [1.54, 1.807) is 24.3 Å². The zero-order valence-corrected chi connectivity index (χ0v) is 19.7. The van der Waals surface area contributed by atoms with Crippen molar-refractivity contribution in [3.8, 4) is 0 Å². The van der Waals surface area contributed by atoms with Crippen LogP contribution in [0.15, 0.2) is 30.3 Å². The van der Waals surface area contributed by atoms with Crippen molar-refractivity contribution in [2.75, 3.05) is 6.26 Å². The maximum Gasteiger partial charge on any atom is 0.483 e. The summed E-state index contributed by atoms with van der Waals surface area (Å²) in [5.74, 6) is -0.846. The Morgan fingerprint density at radius 3 is 2.13 bits per heavy atom. The predicted octanol–water partition coefficient (Wildman–Crippen LogP) is 2.41. The molecule has 0 spiro atoms. The standard InChI is InChI=1S/C21H35BN2O5S/c1-7-11-18(25)24-19(22-28-20(2,3)21(4,5)29-22)16(23)14-17(30(6,26)27)15-12-9-8-10-13-15/h8-10,12-13,16-17,19H,7,11,14,23H2,1-6H3,(H,24,25)/t16-,17-,19+/m1/s1. The summed E-state index contributed by atoms with van der Waals surface area (Å²) in [6, 6.07) is 8.29. The molecule has 1 fully saturated rings. The molecule has 1 aromatic rings. The molecule has 1 saturated heterocycles. The average molecular weight is 438 g/mol. The molecule has 7 nitrogen and oxygen atoms in total. The van der Waals surface area contributed by atoms with E-state index in [2.05, 4.69) is 5.32 Å². The van der Waals surface area contributed by atoms with Gasteiger partial charge in [-0.15, -0.1) is 0 Å². The van der Waals surface area contributed by atoms with Gasteiger partial charge in [0.1, 0.15) is 0 Å². The van der Waals surface area contributed by atoms with E-state index in [-0.39, 0.29) is 12.3 Å². The van der Waals surface area contributed by atoms with E-state index in [9.17, 15) is 13.2 Å². The summed E-state index contributed by atoms with van der Waals surface area (Å²) >= 11 is 0. The van der Waals surface area contributed by atoms with Gasteiger partial charge in [0.15, 0.2) is 9.84 Å². The Morgan fingerprint density at radius 2 is 1.67 bits per heavy atom. The summed E-state index contributed by atoms with van der Waals surface area (Å²) in [5, 5.41) is 2.14. The Morgan fingerprint density at radius 1 is 1.13 bits per heavy atom. The van der Waals surface area contributed by atoms with Gasteiger partial charge >= 0.3 is 7.12 Å². The van der Waals surface area contributed by atoms with Crippen molar-refractivity contribution < 1.29 is 22.5 Å². The molecule has 1 aliphatic rings. The van der Waals surface area contributed by atoms with Crippen LogP contribution in [0, 0.1) is 0 Å². The second-order valence-corrected chi connectivity index (χ2v) is 11.3. The van der Waals surface area contributed by atoms with E-state index >= 15 is 0 Å². The molecule has 0 unspecified atom stereocenters. The van der Waals surface area contributed by atoms with E-state index in [1.165, 1.54) is 6.26 Å². The van der Waals surface area contributed by atoms with Crippen LogP contribution in [-0.4, -0.2) is 50.9 Å². The number of hydrogen-bond acceptors (Lipinski definition) is 6. The van der Waals surface area contributed by atoms with Crippen LogP contribution in [0.25, 0.3) is 0 Å². The first-order valence-corrected chi connectivity index (χ1v) is 12.4. The van der Waals surface area contributed by atoms with Gasteiger partial charge in [0.05, 0.1) is 22.4 Å². The van der Waals surface area contributed by atoms with Crippen molar-refractivity contribution in [2.45, 2.75) is 82.3 Å². The minimum absolute atomic E-state index is 0.129. The zero-order valence-electron chi connectivity index (χ0n) is 18.8. The molecular formula is C21H35BN2O5S. The van der Waals surface area contributed by atoms with Crippen molar-refractivity contribution >= 4 is 22.9 Å². The van der Waals surface area contributed by atoms with Crippen LogP contribution in [0.4, 0.5) is 0 Å². The summed E-state index contributed by atoms with van der Waals surface area (Å²) in [5.41, 5.74) is 5.99. The van der Waals surface area contributed by atoms with Gasteiger partial charge in [0.2, 0.25) is 5.91 Å². The van der Waals surface area contributed by atoms with Gasteiger partial charge in [-0.3, -0.25) is 4.79 Å². The number of carbonyl (C=O) groups is 1. The van der Waals surface area contributed by atoms with Crippen LogP contribution >= 0.6 is 0 Å². The first-order chi connectivity index (χ1) is 13.8. The highest BCUT2D eigenvalue weighted by Crippen LogP contribution is 2.38. The summed E-state index contributed by atoms with van der Waals surface area (Å²) < 4.78 is 37.3. The molecule has 1 heterocycles. The molecule has 1 amide bonds. The molecule has 2 rings (SSSR count). The molecular weight excluding hydrogens is 403 g/mol. The molecule has 0 aliphatic carbocycles. The average Bonchev–Trinajstić information content (AvgIpc) is 2.84. The number of benzene rings is 1. The smallest absolute Gasteiger partial charge is 0.402 e. The van der Waals surface area contributed by atoms with E-state index in [0.717, 1.165) is 0 Å². The largest absolute Gasteiger partial charge is 0.483 e. The quantitative estimate of drug-likeness (QED) is 0.574. The monoisotopic (exact) mass is 438 g/mol. The Hall–Kier alpha value is -1.42. The van der Waals surface area contributed by atoms with E-state index in [0.29, 0.717) is 18.4 Å². The lowest BCUT2D eigenvalue weighted by Crippen LogP contribution is -2.58. The van der Waals surface area contributed by atoms with E-state index < -0.39 is 45.4 Å². The fourth-order valence-corrected chi connectivity index (χ4v) is 4.74. The second-order valence-electron chi connectivity index (χ2n) is 9.10. The molecule has 0 bridgehead atoms. The summed E-state index contributed by atoms with van der Waals surface area (Å²) in [6.45, 7) is 9.61. The lowest BCUT2D eigenvalue weighted by molar-refractivity contribution is -0.121. The topological polar surface area (TPSA) is 108 Å². The highest BCUT2D eigenvalue weighted by atomic mass is 32.2. The van der Waals surface area contributed by atoms with Crippen molar-refractivity contribution in [1.82, 2.24) is 5.32 Å². The van der Waals surface area contributed by atoms with Crippen LogP contribution in [0.1, 0.15) is 64.7 Å². The number of sulfone groups is 1. The number of nitrogens with one attached hydrogen (secondary N) is 1. The van der Waals surface area contributed by atoms with Gasteiger partial charge < -0.3 is 20.4 Å². The number of carbonyl (C=O) groups excluding carboxylic acids is 1. The highest BCUT2D eigenvalue weighted by Gasteiger charge is 2.55. The van der Waals surface area contributed by atoms with Gasteiger partial charge in [0, 0.05) is 18.7 Å². The minimum Gasteiger partial charge on any atom is -0.402 e. The molecule has 3 atom stereocenters. The molecule has 0 saturated carbocycles. The van der Waals surface area contributed by atoms with E-state index in [1.807, 2.05) is 40.7 Å². The molecule has 168 valence electrons. The lowest BCUT2D eigenvalue weighted by Gasteiger charge is -2.32. The van der Waals surface area contributed by atoms with Crippen LogP contribution in [-0.2, 0) is 23.9 Å². The SMILES string of the molecule is CCCC(=O)N[C@H](B1OC(C)(C)C(C)(C)O1)[C@H](N)C[C@H](c1ccccc1)S(C)(=O)=O. The Labute approximate surface area is 181 Å². The molecule has 9 heteroatoms. The van der Waals surface area contributed by atoms with Gasteiger partial charge in [-0.2, -0.15) is 0 Å². The normalized spacial score (nSPS) is 21.1. The number of rotatable bonds is 9. The Bertz CT molecular complexity index is 813. The van der Waals surface area contributed by atoms with Gasteiger partial charge in [-0.1, -0.05) is 37.3 Å². The summed E-state index contributed by atoms with van der Waals surface area (Å²) in [4.78, 5) is 12.4. The highest BCUT2D eigenvalue weighted by molar-refractivity contribution is 7.90. The summed E-state index contributed by atoms with van der Waals surface area (Å²) in [6.07, 6.45) is 2.37. The van der Waals surface area contributed by atoms with Crippen LogP contribution in [0.5, 0.6) is 0 Å². The van der Waals surface area contributed by atoms with Crippen LogP contribution in [0.3, 0.4) is 0 Å². The third-order valence-corrected chi connectivity index (χ3v) is 7.50. The van der Waals surface area contributed by atoms with Crippen molar-refractivity contribution in [3.63, 3.8) is 0 Å². The second kappa shape index (κ2) is 9.38. The van der Waals surface area contributed by atoms with Crippen molar-refractivity contribution in [1.29, 1.82) is 0 Å². The molecule has 0 aromatic heterocycles. The first-order valence-electron chi connectivity index (χ1n) is 10.4. The maximum absolute atomic E-state index is 12.5. The van der Waals surface area contributed by atoms with Crippen LogP contribution < -0.4 is 11.1 Å². The van der Waals surface area contributed by atoms with Crippen molar-refractivity contribution in [2.24, 2.45) is 5.73 Å². The third-order valence-electron chi connectivity index (χ3n) is 6.01. The fraction of sp³-hybridized carbons (Fsp3) is 0.667.